The lowest BCUT2D eigenvalue weighted by Gasteiger charge is -2.10. The first-order chi connectivity index (χ1) is 12.0. The van der Waals surface area contributed by atoms with Crippen molar-refractivity contribution in [3.05, 3.63) is 55.0 Å². The molecule has 0 bridgehead atoms. The number of hydrogen-bond donors (Lipinski definition) is 5. The van der Waals surface area contributed by atoms with Crippen molar-refractivity contribution in [3.8, 4) is 0 Å². The number of carbonyl (C=O) groups is 2. The van der Waals surface area contributed by atoms with Gasteiger partial charge in [-0.2, -0.15) is 13.2 Å². The van der Waals surface area contributed by atoms with E-state index < -0.39 is 29.4 Å². The Morgan fingerprint density at radius 1 is 1.31 bits per heavy atom. The molecule has 2 aromatic rings. The highest BCUT2D eigenvalue weighted by atomic mass is 32.1. The monoisotopic (exact) mass is 394 g/mol. The summed E-state index contributed by atoms with van der Waals surface area (Å²) in [6.07, 6.45) is -5.08. The summed E-state index contributed by atoms with van der Waals surface area (Å²) < 4.78 is 31.7. The fraction of sp³-hybridized carbons (Fsp3) is 0.231. The van der Waals surface area contributed by atoms with Crippen molar-refractivity contribution < 1.29 is 27.9 Å². The Hall–Kier alpha value is -2.93. The molecule has 1 unspecified atom stereocenters. The van der Waals surface area contributed by atoms with E-state index in [-0.39, 0.29) is 12.5 Å². The second kappa shape index (κ2) is 8.96. The Morgan fingerprint density at radius 3 is 2.38 bits per heavy atom. The van der Waals surface area contributed by atoms with Crippen molar-refractivity contribution in [2.24, 2.45) is 5.73 Å². The number of H-pyrrole nitrogens is 2. The Morgan fingerprint density at radius 2 is 1.92 bits per heavy atom. The Bertz CT molecular complexity index is 831. The molecule has 1 amide bonds. The molecule has 0 aromatic carbocycles. The summed E-state index contributed by atoms with van der Waals surface area (Å²) in [6, 6.07) is 4.03. The molecule has 0 aliphatic heterocycles. The van der Waals surface area contributed by atoms with Crippen molar-refractivity contribution in [2.45, 2.75) is 18.8 Å². The average Bonchev–Trinajstić information content (AvgIpc) is 3.05. The van der Waals surface area contributed by atoms with Gasteiger partial charge in [-0.25, -0.2) is 9.59 Å². The van der Waals surface area contributed by atoms with Gasteiger partial charge in [0.15, 0.2) is 0 Å². The van der Waals surface area contributed by atoms with Gasteiger partial charge >= 0.3 is 17.8 Å². The van der Waals surface area contributed by atoms with Crippen molar-refractivity contribution in [2.75, 3.05) is 0 Å². The maximum atomic E-state index is 11.8. The smallest absolute Gasteiger partial charge is 0.475 e. The highest BCUT2D eigenvalue weighted by Crippen LogP contribution is 2.16. The van der Waals surface area contributed by atoms with Gasteiger partial charge in [0.2, 0.25) is 5.91 Å². The topological polar surface area (TPSA) is 158 Å². The third kappa shape index (κ3) is 6.90. The predicted molar refractivity (Wildman–Crippen MR) is 84.5 cm³/mol. The number of hydrogen-bond acceptors (Lipinski definition) is 6. The summed E-state index contributed by atoms with van der Waals surface area (Å²) in [7, 11) is 0. The molecule has 13 heteroatoms. The fourth-order valence-corrected chi connectivity index (χ4v) is 2.23. The second-order valence-electron chi connectivity index (χ2n) is 4.63. The highest BCUT2D eigenvalue weighted by molar-refractivity contribution is 7.10. The summed E-state index contributed by atoms with van der Waals surface area (Å²) in [6.45, 7) is 0.0388. The maximum absolute atomic E-state index is 11.8. The molecule has 0 fully saturated rings. The number of carboxylic acid groups (broad SMARTS) is 1. The molecule has 0 saturated carbocycles. The maximum Gasteiger partial charge on any atom is 0.490 e. The van der Waals surface area contributed by atoms with Crippen LogP contribution in [0.3, 0.4) is 0 Å². The first-order valence-corrected chi connectivity index (χ1v) is 7.58. The lowest BCUT2D eigenvalue weighted by molar-refractivity contribution is -0.192. The Kier molecular flexibility index (Phi) is 7.28. The normalized spacial score (nSPS) is 11.8. The molecule has 0 radical (unpaired) electrons. The molecule has 142 valence electrons. The number of thiophene rings is 1. The van der Waals surface area contributed by atoms with Gasteiger partial charge in [-0.3, -0.25) is 14.6 Å². The average molecular weight is 394 g/mol. The predicted octanol–water partition coefficient (Wildman–Crippen LogP) is 0.0742. The largest absolute Gasteiger partial charge is 0.490 e. The number of nitrogens with one attached hydrogen (secondary N) is 3. The summed E-state index contributed by atoms with van der Waals surface area (Å²) in [4.78, 5) is 48.0. The molecule has 9 nitrogen and oxygen atoms in total. The molecule has 0 aliphatic carbocycles. The summed E-state index contributed by atoms with van der Waals surface area (Å²) in [5.74, 6) is -3.13. The van der Waals surface area contributed by atoms with Crippen LogP contribution in [0.5, 0.6) is 0 Å². The SMILES string of the molecule is NC(C(=O)NCc1cc(=O)[nH]c(=O)[nH]1)c1cccs1.O=C(O)C(F)(F)F. The van der Waals surface area contributed by atoms with Crippen LogP contribution in [0, 0.1) is 0 Å². The number of halogens is 3. The van der Waals surface area contributed by atoms with Crippen molar-refractivity contribution in [1.82, 2.24) is 15.3 Å². The number of nitrogens with two attached hydrogens (primary N) is 1. The second-order valence-corrected chi connectivity index (χ2v) is 5.61. The van der Waals surface area contributed by atoms with E-state index in [0.29, 0.717) is 5.69 Å². The standard InChI is InChI=1S/C11H12N4O3S.C2HF3O2/c12-9(7-2-1-3-19-7)10(17)13-5-6-4-8(16)15-11(18)14-6;3-2(4,5)1(6)7/h1-4,9H,5,12H2,(H,13,17)(H2,14,15,16,18);(H,6,7). The van der Waals surface area contributed by atoms with E-state index >= 15 is 0 Å². The molecule has 2 aromatic heterocycles. The Balaban J connectivity index is 0.000000412. The van der Waals surface area contributed by atoms with Gasteiger partial charge in [0.25, 0.3) is 5.56 Å². The van der Waals surface area contributed by atoms with Crippen LogP contribution in [0.15, 0.2) is 33.2 Å². The molecule has 26 heavy (non-hydrogen) atoms. The zero-order valence-corrected chi connectivity index (χ0v) is 13.6. The third-order valence-electron chi connectivity index (χ3n) is 2.64. The molecule has 0 spiro atoms. The molecular formula is C13H13F3N4O5S. The van der Waals surface area contributed by atoms with Crippen molar-refractivity contribution in [3.63, 3.8) is 0 Å². The van der Waals surface area contributed by atoms with E-state index in [9.17, 15) is 27.6 Å². The van der Waals surface area contributed by atoms with Crippen molar-refractivity contribution in [1.29, 1.82) is 0 Å². The van der Waals surface area contributed by atoms with Crippen LogP contribution >= 0.6 is 11.3 Å². The molecule has 1 atom stereocenters. The van der Waals surface area contributed by atoms with E-state index in [1.54, 1.807) is 12.1 Å². The summed E-state index contributed by atoms with van der Waals surface area (Å²) in [5.41, 5.74) is 4.96. The molecule has 0 aliphatic rings. The number of rotatable bonds is 4. The molecule has 6 N–H and O–H groups in total. The minimum absolute atomic E-state index is 0.0388. The van der Waals surface area contributed by atoms with Gasteiger partial charge < -0.3 is 21.1 Å². The van der Waals surface area contributed by atoms with Gasteiger partial charge in [-0.15, -0.1) is 11.3 Å². The number of aromatic nitrogens is 2. The Labute approximate surface area is 146 Å². The van der Waals surface area contributed by atoms with Gasteiger partial charge in [-0.05, 0) is 11.4 Å². The van der Waals surface area contributed by atoms with Gasteiger partial charge in [0.1, 0.15) is 6.04 Å². The van der Waals surface area contributed by atoms with E-state index in [2.05, 4.69) is 10.3 Å². The number of amides is 1. The van der Waals surface area contributed by atoms with Crippen LogP contribution in [0.1, 0.15) is 16.6 Å². The number of aromatic amines is 2. The summed E-state index contributed by atoms with van der Waals surface area (Å²) >= 11 is 1.39. The third-order valence-corrected chi connectivity index (χ3v) is 3.60. The highest BCUT2D eigenvalue weighted by Gasteiger charge is 2.38. The number of alkyl halides is 3. The number of carboxylic acids is 1. The van der Waals surface area contributed by atoms with Crippen molar-refractivity contribution >= 4 is 23.2 Å². The van der Waals surface area contributed by atoms with E-state index in [4.69, 9.17) is 15.6 Å². The minimum atomic E-state index is -5.08. The van der Waals surface area contributed by atoms with E-state index in [0.717, 1.165) is 4.88 Å². The van der Waals surface area contributed by atoms with E-state index in [1.807, 2.05) is 10.4 Å². The van der Waals surface area contributed by atoms with Crippen LogP contribution < -0.4 is 22.3 Å². The zero-order valence-electron chi connectivity index (χ0n) is 12.8. The van der Waals surface area contributed by atoms with Crippen LogP contribution in [0.4, 0.5) is 13.2 Å². The molecular weight excluding hydrogens is 381 g/mol. The first kappa shape index (κ1) is 21.1. The number of carbonyl (C=O) groups excluding carboxylic acids is 1. The minimum Gasteiger partial charge on any atom is -0.475 e. The van der Waals surface area contributed by atoms with Gasteiger partial charge in [0.05, 0.1) is 6.54 Å². The number of aliphatic carboxylic acids is 1. The van der Waals surface area contributed by atoms with Gasteiger partial charge in [0, 0.05) is 16.6 Å². The fourth-order valence-electron chi connectivity index (χ4n) is 1.50. The summed E-state index contributed by atoms with van der Waals surface area (Å²) in [5, 5.41) is 11.5. The van der Waals surface area contributed by atoms with E-state index in [1.165, 1.54) is 17.4 Å². The van der Waals surface area contributed by atoms with Gasteiger partial charge in [-0.1, -0.05) is 6.07 Å². The first-order valence-electron chi connectivity index (χ1n) is 6.70. The van der Waals surface area contributed by atoms with Crippen LogP contribution in [0.2, 0.25) is 0 Å². The van der Waals surface area contributed by atoms with Crippen LogP contribution in [0.25, 0.3) is 0 Å². The molecule has 0 saturated heterocycles. The quantitative estimate of drug-likeness (QED) is 0.494. The lowest BCUT2D eigenvalue weighted by Crippen LogP contribution is -2.34. The zero-order chi connectivity index (χ0) is 19.9. The lowest BCUT2D eigenvalue weighted by atomic mass is 10.2. The molecule has 2 heterocycles. The van der Waals surface area contributed by atoms with Crippen LogP contribution in [-0.2, 0) is 16.1 Å². The van der Waals surface area contributed by atoms with Crippen LogP contribution in [-0.4, -0.2) is 33.1 Å². The molecule has 2 rings (SSSR count).